The maximum Gasteiger partial charge on any atom is 0.271 e. The molecule has 0 unspecified atom stereocenters. The third-order valence-corrected chi connectivity index (χ3v) is 4.59. The number of amides is 1. The zero-order chi connectivity index (χ0) is 19.8. The lowest BCUT2D eigenvalue weighted by molar-refractivity contribution is 0.0821. The number of imidazole rings is 1. The number of carbonyl (C=O) groups excluding carboxylic acids is 1. The first kappa shape index (κ1) is 17.9. The van der Waals surface area contributed by atoms with Gasteiger partial charge in [-0.05, 0) is 60.5 Å². The number of aromatic nitrogens is 3. The Morgan fingerprint density at radius 2 is 1.89 bits per heavy atom. The van der Waals surface area contributed by atoms with E-state index in [1.807, 2.05) is 43.5 Å². The van der Waals surface area contributed by atoms with Crippen molar-refractivity contribution in [2.24, 2.45) is 0 Å². The molecule has 0 aliphatic rings. The lowest BCUT2D eigenvalue weighted by Gasteiger charge is -2.13. The van der Waals surface area contributed by atoms with E-state index < -0.39 is 0 Å². The van der Waals surface area contributed by atoms with Gasteiger partial charge in [-0.2, -0.15) is 0 Å². The maximum atomic E-state index is 14.1. The summed E-state index contributed by atoms with van der Waals surface area (Å²) in [6.45, 7) is 1.92. The van der Waals surface area contributed by atoms with Crippen LogP contribution in [0.2, 0.25) is 0 Å². The summed E-state index contributed by atoms with van der Waals surface area (Å²) in [5.41, 5.74) is 5.06. The third kappa shape index (κ3) is 3.13. The van der Waals surface area contributed by atoms with Crippen LogP contribution < -0.4 is 0 Å². The van der Waals surface area contributed by atoms with Crippen molar-refractivity contribution < 1.29 is 9.18 Å². The highest BCUT2D eigenvalue weighted by atomic mass is 19.1. The molecule has 140 valence electrons. The van der Waals surface area contributed by atoms with Crippen molar-refractivity contribution in [3.63, 3.8) is 0 Å². The molecule has 0 N–H and O–H groups in total. The summed E-state index contributed by atoms with van der Waals surface area (Å²) < 4.78 is 15.8. The molecule has 4 rings (SSSR count). The molecule has 28 heavy (non-hydrogen) atoms. The Kier molecular flexibility index (Phi) is 4.39. The van der Waals surface area contributed by atoms with E-state index in [4.69, 9.17) is 0 Å². The minimum absolute atomic E-state index is 0.149. The minimum Gasteiger partial charge on any atom is -0.343 e. The highest BCUT2D eigenvalue weighted by Gasteiger charge is 2.16. The number of halogens is 1. The molecule has 0 spiro atoms. The second-order valence-electron chi connectivity index (χ2n) is 6.84. The second-order valence-corrected chi connectivity index (χ2v) is 6.84. The van der Waals surface area contributed by atoms with Gasteiger partial charge >= 0.3 is 0 Å². The standard InChI is InChI=1S/C22H19FN4O/c1-14-5-4-6-19(25-14)17-9-8-16(23)11-18(17)15-7-10-21-24-12-20(27(21)13-15)22(28)26(2)3/h4-13H,1-3H3. The zero-order valence-corrected chi connectivity index (χ0v) is 15.8. The lowest BCUT2D eigenvalue weighted by Crippen LogP contribution is -2.23. The molecule has 0 saturated carbocycles. The highest BCUT2D eigenvalue weighted by molar-refractivity contribution is 5.93. The molecule has 4 aromatic rings. The smallest absolute Gasteiger partial charge is 0.271 e. The monoisotopic (exact) mass is 374 g/mol. The Morgan fingerprint density at radius 1 is 1.07 bits per heavy atom. The topological polar surface area (TPSA) is 50.5 Å². The van der Waals surface area contributed by atoms with Crippen LogP contribution in [-0.4, -0.2) is 39.3 Å². The first-order chi connectivity index (χ1) is 13.4. The number of aryl methyl sites for hydroxylation is 1. The van der Waals surface area contributed by atoms with Crippen molar-refractivity contribution in [1.82, 2.24) is 19.3 Å². The van der Waals surface area contributed by atoms with E-state index in [-0.39, 0.29) is 11.7 Å². The van der Waals surface area contributed by atoms with Gasteiger partial charge in [0.1, 0.15) is 17.2 Å². The van der Waals surface area contributed by atoms with E-state index in [1.54, 1.807) is 30.8 Å². The first-order valence-corrected chi connectivity index (χ1v) is 8.87. The summed E-state index contributed by atoms with van der Waals surface area (Å²) in [7, 11) is 3.39. The number of carbonyl (C=O) groups is 1. The average Bonchev–Trinajstić information content (AvgIpc) is 3.10. The van der Waals surface area contributed by atoms with E-state index in [0.29, 0.717) is 16.9 Å². The van der Waals surface area contributed by atoms with Gasteiger partial charge in [-0.1, -0.05) is 6.07 Å². The van der Waals surface area contributed by atoms with E-state index in [9.17, 15) is 9.18 Å². The highest BCUT2D eigenvalue weighted by Crippen LogP contribution is 2.32. The second kappa shape index (κ2) is 6.88. The van der Waals surface area contributed by atoms with Crippen LogP contribution in [0.15, 0.2) is 60.9 Å². The fraction of sp³-hybridized carbons (Fsp3) is 0.136. The molecule has 1 amide bonds. The van der Waals surface area contributed by atoms with Gasteiger partial charge in [-0.3, -0.25) is 14.2 Å². The molecule has 3 heterocycles. The van der Waals surface area contributed by atoms with Crippen LogP contribution >= 0.6 is 0 Å². The zero-order valence-electron chi connectivity index (χ0n) is 15.8. The fourth-order valence-corrected chi connectivity index (χ4v) is 3.20. The van der Waals surface area contributed by atoms with Gasteiger partial charge in [0.15, 0.2) is 0 Å². The van der Waals surface area contributed by atoms with Gasteiger partial charge in [-0.15, -0.1) is 0 Å². The Labute approximate surface area is 162 Å². The molecule has 0 aliphatic heterocycles. The maximum absolute atomic E-state index is 14.1. The van der Waals surface area contributed by atoms with Gasteiger partial charge < -0.3 is 4.90 Å². The van der Waals surface area contributed by atoms with Crippen LogP contribution in [0.3, 0.4) is 0 Å². The Bertz CT molecular complexity index is 1200. The molecular formula is C22H19FN4O. The Balaban J connectivity index is 1.92. The summed E-state index contributed by atoms with van der Waals surface area (Å²) in [6, 6.07) is 14.1. The van der Waals surface area contributed by atoms with Crippen LogP contribution in [0.4, 0.5) is 4.39 Å². The van der Waals surface area contributed by atoms with Crippen molar-refractivity contribution in [3.05, 3.63) is 78.1 Å². The summed E-state index contributed by atoms with van der Waals surface area (Å²) in [4.78, 5) is 22.8. The molecule has 3 aromatic heterocycles. The average molecular weight is 374 g/mol. The summed E-state index contributed by atoms with van der Waals surface area (Å²) in [5.74, 6) is -0.480. The SMILES string of the molecule is Cc1cccc(-c2ccc(F)cc2-c2ccc3ncc(C(=O)N(C)C)n3c2)n1. The number of nitrogens with zero attached hydrogens (tertiary/aromatic N) is 4. The number of hydrogen-bond donors (Lipinski definition) is 0. The van der Waals surface area contributed by atoms with Crippen LogP contribution in [0.5, 0.6) is 0 Å². The molecular weight excluding hydrogens is 355 g/mol. The van der Waals surface area contributed by atoms with Crippen molar-refractivity contribution in [1.29, 1.82) is 0 Å². The Hall–Kier alpha value is -3.54. The van der Waals surface area contributed by atoms with E-state index in [1.165, 1.54) is 17.0 Å². The first-order valence-electron chi connectivity index (χ1n) is 8.87. The molecule has 0 bridgehead atoms. The van der Waals surface area contributed by atoms with Crippen molar-refractivity contribution in [3.8, 4) is 22.4 Å². The van der Waals surface area contributed by atoms with E-state index in [0.717, 1.165) is 22.5 Å². The molecule has 0 atom stereocenters. The minimum atomic E-state index is -0.332. The number of fused-ring (bicyclic) bond motifs is 1. The van der Waals surface area contributed by atoms with Crippen LogP contribution in [0.1, 0.15) is 16.2 Å². The van der Waals surface area contributed by atoms with Gasteiger partial charge in [0.25, 0.3) is 5.91 Å². The third-order valence-electron chi connectivity index (χ3n) is 4.59. The van der Waals surface area contributed by atoms with Crippen molar-refractivity contribution >= 4 is 11.6 Å². The summed E-state index contributed by atoms with van der Waals surface area (Å²) in [6.07, 6.45) is 3.36. The van der Waals surface area contributed by atoms with Gasteiger partial charge in [0, 0.05) is 31.5 Å². The predicted octanol–water partition coefficient (Wildman–Crippen LogP) is 4.21. The number of hydrogen-bond acceptors (Lipinski definition) is 3. The number of benzene rings is 1. The van der Waals surface area contributed by atoms with Crippen LogP contribution in [0, 0.1) is 12.7 Å². The molecule has 0 radical (unpaired) electrons. The van der Waals surface area contributed by atoms with Gasteiger partial charge in [0.2, 0.25) is 0 Å². The van der Waals surface area contributed by atoms with Crippen molar-refractivity contribution in [2.75, 3.05) is 14.1 Å². The quantitative estimate of drug-likeness (QED) is 0.540. The van der Waals surface area contributed by atoms with E-state index in [2.05, 4.69) is 9.97 Å². The molecule has 0 saturated heterocycles. The predicted molar refractivity (Wildman–Crippen MR) is 107 cm³/mol. The fourth-order valence-electron chi connectivity index (χ4n) is 3.20. The molecule has 6 heteroatoms. The molecule has 0 aliphatic carbocycles. The molecule has 1 aromatic carbocycles. The number of pyridine rings is 2. The molecule has 0 fully saturated rings. The van der Waals surface area contributed by atoms with Gasteiger partial charge in [0.05, 0.1) is 11.9 Å². The number of rotatable bonds is 3. The van der Waals surface area contributed by atoms with Crippen LogP contribution in [0.25, 0.3) is 28.0 Å². The van der Waals surface area contributed by atoms with E-state index >= 15 is 0 Å². The normalized spacial score (nSPS) is 11.0. The van der Waals surface area contributed by atoms with Gasteiger partial charge in [-0.25, -0.2) is 9.37 Å². The molecule has 5 nitrogen and oxygen atoms in total. The van der Waals surface area contributed by atoms with Crippen LogP contribution in [-0.2, 0) is 0 Å². The van der Waals surface area contributed by atoms with Crippen molar-refractivity contribution in [2.45, 2.75) is 6.92 Å². The Morgan fingerprint density at radius 3 is 2.64 bits per heavy atom. The summed E-state index contributed by atoms with van der Waals surface area (Å²) in [5, 5.41) is 0. The summed E-state index contributed by atoms with van der Waals surface area (Å²) >= 11 is 0. The lowest BCUT2D eigenvalue weighted by atomic mass is 9.98. The largest absolute Gasteiger partial charge is 0.343 e.